The fourth-order valence-electron chi connectivity index (χ4n) is 4.49. The van der Waals surface area contributed by atoms with E-state index in [-0.39, 0.29) is 68.7 Å². The first kappa shape index (κ1) is 61.5. The molecule has 4 unspecified atom stereocenters. The molecule has 2 radical (unpaired) electrons. The van der Waals surface area contributed by atoms with Gasteiger partial charge in [0.15, 0.2) is 0 Å². The fourth-order valence-corrected chi connectivity index (χ4v) is 8.64. The van der Waals surface area contributed by atoms with Crippen LogP contribution in [0.25, 0.3) is 0 Å². The topological polar surface area (TPSA) is 161 Å². The van der Waals surface area contributed by atoms with Crippen molar-refractivity contribution in [3.05, 3.63) is 0 Å². The smallest absolute Gasteiger partial charge is 2.00 e. The van der Waals surface area contributed by atoms with Crippen LogP contribution in [-0.2, 0) is 19.2 Å². The molecule has 0 fully saturated rings. The third kappa shape index (κ3) is 49.6. The predicted octanol–water partition coefficient (Wildman–Crippen LogP) is 6.56. The van der Waals surface area contributed by atoms with Crippen LogP contribution in [-0.4, -0.2) is 68.9 Å². The molecule has 0 aromatic carbocycles. The van der Waals surface area contributed by atoms with Crippen molar-refractivity contribution in [2.45, 2.75) is 207 Å². The van der Waals surface area contributed by atoms with Gasteiger partial charge >= 0.3 is 93.5 Å². The van der Waals surface area contributed by atoms with Crippen LogP contribution >= 0.6 is 0 Å². The summed E-state index contributed by atoms with van der Waals surface area (Å²) in [6, 6.07) is 0. The fraction of sp³-hybridized carbons (Fsp3) is 0.900. The van der Waals surface area contributed by atoms with Crippen molar-refractivity contribution in [2.75, 3.05) is 0 Å². The summed E-state index contributed by atoms with van der Waals surface area (Å²) in [4.78, 5) is 41.3. The minimum atomic E-state index is -0.893. The molecule has 0 aromatic rings. The SMILES string of the molecule is CCCCC(CC)C(=O)[O-].CCCCC(CC)C(=O)[O-].CCCCC(CC)C(=O)[O-].CCCCC(CC)C(=O)[O-].CCC[CH2][Sn+2][CH2]CCC.[Sn+2]. The number of carbonyl (C=O) groups excluding carboxylic acids is 4. The van der Waals surface area contributed by atoms with Crippen LogP contribution in [0.4, 0.5) is 0 Å². The first-order chi connectivity index (χ1) is 23.3. The average Bonchev–Trinajstić information content (AvgIpc) is 3.07. The normalized spacial score (nSPS) is 12.0. The van der Waals surface area contributed by atoms with Gasteiger partial charge in [-0.25, -0.2) is 0 Å². The van der Waals surface area contributed by atoms with Gasteiger partial charge in [-0.1, -0.05) is 107 Å². The van der Waals surface area contributed by atoms with Crippen molar-refractivity contribution in [2.24, 2.45) is 23.7 Å². The van der Waals surface area contributed by atoms with Crippen LogP contribution in [0.2, 0.25) is 8.87 Å². The van der Waals surface area contributed by atoms with Gasteiger partial charge in [0, 0.05) is 23.9 Å². The van der Waals surface area contributed by atoms with Crippen LogP contribution in [0.3, 0.4) is 0 Å². The average molecular weight is 924 g/mol. The zero-order valence-corrected chi connectivity index (χ0v) is 39.8. The van der Waals surface area contributed by atoms with Gasteiger partial charge in [0.25, 0.3) is 0 Å². The minimum absolute atomic E-state index is 0. The Bertz CT molecular complexity index is 611. The molecule has 0 bridgehead atoms. The largest absolute Gasteiger partial charge is 2.00 e. The van der Waals surface area contributed by atoms with Gasteiger partial charge in [-0.2, -0.15) is 0 Å². The van der Waals surface area contributed by atoms with Gasteiger partial charge < -0.3 is 39.6 Å². The van der Waals surface area contributed by atoms with Gasteiger partial charge in [-0.15, -0.1) is 0 Å². The summed E-state index contributed by atoms with van der Waals surface area (Å²) in [6.07, 6.45) is 19.9. The van der Waals surface area contributed by atoms with E-state index < -0.39 is 23.9 Å². The quantitative estimate of drug-likeness (QED) is 0.0697. The minimum Gasteiger partial charge on any atom is 2.00 e. The third-order valence-electron chi connectivity index (χ3n) is 8.34. The van der Waals surface area contributed by atoms with E-state index in [0.717, 1.165) is 77.0 Å². The van der Waals surface area contributed by atoms with Crippen LogP contribution < -0.4 is 20.4 Å². The molecule has 0 amide bonds. The number of hydrogen-bond acceptors (Lipinski definition) is 8. The molecule has 0 saturated heterocycles. The van der Waals surface area contributed by atoms with Crippen molar-refractivity contribution in [3.63, 3.8) is 0 Å². The van der Waals surface area contributed by atoms with Crippen LogP contribution in [0.15, 0.2) is 0 Å². The number of aliphatic carboxylic acids is 4. The molecular formula is C40H78O8Sn2. The monoisotopic (exact) mass is 926 g/mol. The summed E-state index contributed by atoms with van der Waals surface area (Å²) in [5, 5.41) is 41.3. The maximum absolute atomic E-state index is 10.3. The van der Waals surface area contributed by atoms with E-state index in [1.807, 2.05) is 27.7 Å². The summed E-state index contributed by atoms with van der Waals surface area (Å²) in [7, 11) is 0. The molecule has 8 nitrogen and oxygen atoms in total. The van der Waals surface area contributed by atoms with Gasteiger partial charge in [-0.3, -0.25) is 0 Å². The molecule has 0 spiro atoms. The maximum Gasteiger partial charge on any atom is 2.00 e. The van der Waals surface area contributed by atoms with Crippen molar-refractivity contribution in [1.29, 1.82) is 0 Å². The molecule has 0 aliphatic heterocycles. The summed E-state index contributed by atoms with van der Waals surface area (Å²) >= 11 is 0.149. The second kappa shape index (κ2) is 50.6. The molecule has 0 aromatic heterocycles. The first-order valence-electron chi connectivity index (χ1n) is 19.8. The van der Waals surface area contributed by atoms with Crippen molar-refractivity contribution >= 4 is 68.9 Å². The number of rotatable bonds is 26. The molecular weight excluding hydrogens is 846 g/mol. The number of hydrogen-bond donors (Lipinski definition) is 0. The van der Waals surface area contributed by atoms with Crippen LogP contribution in [0.5, 0.6) is 0 Å². The molecule has 0 aliphatic rings. The van der Waals surface area contributed by atoms with Gasteiger partial charge in [0.2, 0.25) is 0 Å². The molecule has 10 heteroatoms. The number of carboxylic acids is 4. The van der Waals surface area contributed by atoms with Gasteiger partial charge in [0.05, 0.1) is 0 Å². The second-order valence-electron chi connectivity index (χ2n) is 12.7. The van der Waals surface area contributed by atoms with Crippen molar-refractivity contribution in [3.8, 4) is 0 Å². The Labute approximate surface area is 336 Å². The first-order valence-corrected chi connectivity index (χ1v) is 23.9. The number of carboxylic acid groups (broad SMARTS) is 4. The molecule has 0 N–H and O–H groups in total. The molecule has 294 valence electrons. The van der Waals surface area contributed by atoms with Crippen LogP contribution in [0, 0.1) is 23.7 Å². The Morgan fingerprint density at radius 1 is 0.380 bits per heavy atom. The van der Waals surface area contributed by atoms with E-state index in [2.05, 4.69) is 41.5 Å². The van der Waals surface area contributed by atoms with Crippen molar-refractivity contribution in [1.82, 2.24) is 0 Å². The van der Waals surface area contributed by atoms with Crippen LogP contribution in [0.1, 0.15) is 198 Å². The summed E-state index contributed by atoms with van der Waals surface area (Å²) in [6.45, 7) is 20.4. The summed E-state index contributed by atoms with van der Waals surface area (Å²) in [5.74, 6) is -4.46. The zero-order valence-electron chi connectivity index (χ0n) is 34.1. The maximum atomic E-state index is 10.3. The molecule has 0 saturated carbocycles. The van der Waals surface area contributed by atoms with E-state index in [4.69, 9.17) is 0 Å². The zero-order chi connectivity index (χ0) is 38.9. The Balaban J connectivity index is -0.000000120. The van der Waals surface area contributed by atoms with E-state index in [0.29, 0.717) is 25.7 Å². The van der Waals surface area contributed by atoms with Gasteiger partial charge in [0.1, 0.15) is 0 Å². The molecule has 4 atom stereocenters. The van der Waals surface area contributed by atoms with Crippen molar-refractivity contribution < 1.29 is 39.6 Å². The number of unbranched alkanes of at least 4 members (excludes halogenated alkanes) is 6. The second-order valence-corrected chi connectivity index (χ2v) is 17.0. The Kier molecular flexibility index (Phi) is 62.2. The van der Waals surface area contributed by atoms with E-state index >= 15 is 0 Å². The predicted molar refractivity (Wildman–Crippen MR) is 204 cm³/mol. The molecule has 0 rings (SSSR count). The molecule has 0 aliphatic carbocycles. The number of carbonyl (C=O) groups is 4. The molecule has 0 heterocycles. The summed E-state index contributed by atoms with van der Waals surface area (Å²) in [5.41, 5.74) is 0. The summed E-state index contributed by atoms with van der Waals surface area (Å²) < 4.78 is 3.25. The molecule has 50 heavy (non-hydrogen) atoms. The van der Waals surface area contributed by atoms with E-state index in [1.54, 1.807) is 8.87 Å². The standard InChI is InChI=1S/4C8H16O2.2C4H9.2Sn/c4*1-3-5-6-7(4-2)8(9)10;2*1-3-4-2;;/h4*7H,3-6H2,1-2H3,(H,9,10);2*1,3-4H2,2H3;;/q;;;;;;2*+2/p-4. The third-order valence-corrected chi connectivity index (χ3v) is 12.4. The van der Waals surface area contributed by atoms with Gasteiger partial charge in [-0.05, 0) is 75.0 Å². The Hall–Kier alpha value is -0.523. The van der Waals surface area contributed by atoms with E-state index in [9.17, 15) is 39.6 Å². The van der Waals surface area contributed by atoms with E-state index in [1.165, 1.54) is 25.7 Å². The Morgan fingerprint density at radius 3 is 0.680 bits per heavy atom. The Morgan fingerprint density at radius 2 is 0.560 bits per heavy atom.